The van der Waals surface area contributed by atoms with Crippen molar-refractivity contribution in [3.63, 3.8) is 0 Å². The Hall–Kier alpha value is -1.03. The fourth-order valence-corrected chi connectivity index (χ4v) is 1.98. The van der Waals surface area contributed by atoms with Crippen molar-refractivity contribution in [1.82, 2.24) is 20.2 Å². The van der Waals surface area contributed by atoms with Crippen LogP contribution in [0.3, 0.4) is 0 Å². The van der Waals surface area contributed by atoms with E-state index in [-0.39, 0.29) is 27.0 Å². The fraction of sp³-hybridized carbons (Fsp3) is 0.500. The van der Waals surface area contributed by atoms with E-state index in [2.05, 4.69) is 25.1 Å². The molecule has 0 aromatic carbocycles. The van der Waals surface area contributed by atoms with E-state index in [0.717, 1.165) is 24.3 Å². The van der Waals surface area contributed by atoms with E-state index in [1.54, 1.807) is 6.20 Å². The summed E-state index contributed by atoms with van der Waals surface area (Å²) >= 11 is 0. The molecule has 1 N–H and O–H groups in total. The first-order chi connectivity index (χ1) is 7.78. The van der Waals surface area contributed by atoms with Gasteiger partial charge < -0.3 is 20.1 Å². The molecule has 2 aromatic rings. The molecular weight excluding hydrogens is 392 g/mol. The fourth-order valence-electron chi connectivity index (χ4n) is 1.98. The number of rotatable bonds is 2. The molecule has 0 unspecified atom stereocenters. The van der Waals surface area contributed by atoms with Gasteiger partial charge in [-0.25, -0.2) is 4.98 Å². The Labute approximate surface area is 112 Å². The molecule has 3 heterocycles. The van der Waals surface area contributed by atoms with Crippen LogP contribution in [0.2, 0.25) is 0 Å². The third-order valence-corrected chi connectivity index (χ3v) is 2.87. The molecular formula is C10H12N5ORe-. The topological polar surface area (TPSA) is 76.2 Å². The van der Waals surface area contributed by atoms with Gasteiger partial charge in [0.15, 0.2) is 0 Å². The van der Waals surface area contributed by atoms with Gasteiger partial charge in [0.1, 0.15) is 5.82 Å². The molecule has 1 aliphatic heterocycles. The molecule has 0 saturated carbocycles. The summed E-state index contributed by atoms with van der Waals surface area (Å²) in [7, 11) is 0. The Bertz CT molecular complexity index is 522. The molecule has 0 bridgehead atoms. The number of nitrogens with zero attached hydrogens (tertiary/aromatic N) is 5. The largest absolute Gasteiger partial charge is 0.422 e. The van der Waals surface area contributed by atoms with Gasteiger partial charge in [-0.2, -0.15) is 0 Å². The van der Waals surface area contributed by atoms with E-state index >= 15 is 0 Å². The van der Waals surface area contributed by atoms with E-state index in [9.17, 15) is 0 Å². The molecule has 7 heteroatoms. The summed E-state index contributed by atoms with van der Waals surface area (Å²) in [5, 5.41) is 17.7. The van der Waals surface area contributed by atoms with E-state index in [4.69, 9.17) is 5.11 Å². The Morgan fingerprint density at radius 2 is 2.24 bits per heavy atom. The number of aryl methyl sites for hydroxylation is 1. The maximum Gasteiger partial charge on any atom is 0.137 e. The van der Waals surface area contributed by atoms with Gasteiger partial charge in [-0.05, 0) is 12.6 Å². The summed E-state index contributed by atoms with van der Waals surface area (Å²) < 4.78 is 0. The quantitative estimate of drug-likeness (QED) is 0.742. The second kappa shape index (κ2) is 4.69. The van der Waals surface area contributed by atoms with Gasteiger partial charge in [0.2, 0.25) is 0 Å². The van der Waals surface area contributed by atoms with Crippen LogP contribution in [0.15, 0.2) is 6.20 Å². The van der Waals surface area contributed by atoms with Crippen molar-refractivity contribution in [3.8, 4) is 0 Å². The van der Waals surface area contributed by atoms with Crippen molar-refractivity contribution in [3.05, 3.63) is 12.0 Å². The van der Waals surface area contributed by atoms with Crippen molar-refractivity contribution in [2.24, 2.45) is 5.92 Å². The van der Waals surface area contributed by atoms with Gasteiger partial charge in [0.25, 0.3) is 0 Å². The molecule has 91 valence electrons. The number of fused-ring (bicyclic) bond motifs is 1. The van der Waals surface area contributed by atoms with Gasteiger partial charge in [-0.1, -0.05) is 0 Å². The molecule has 0 spiro atoms. The summed E-state index contributed by atoms with van der Waals surface area (Å²) in [5.41, 5.74) is 0.648. The van der Waals surface area contributed by atoms with Crippen LogP contribution >= 0.6 is 0 Å². The molecule has 1 saturated heterocycles. The van der Waals surface area contributed by atoms with Crippen LogP contribution in [0.25, 0.3) is 11.0 Å². The van der Waals surface area contributed by atoms with Gasteiger partial charge >= 0.3 is 0 Å². The predicted molar refractivity (Wildman–Crippen MR) is 58.2 cm³/mol. The number of hydrogen-bond acceptors (Lipinski definition) is 5. The van der Waals surface area contributed by atoms with Crippen LogP contribution in [0, 0.1) is 12.8 Å². The zero-order valence-electron chi connectivity index (χ0n) is 9.34. The smallest absolute Gasteiger partial charge is 0.137 e. The van der Waals surface area contributed by atoms with E-state index in [1.807, 2.05) is 6.92 Å². The van der Waals surface area contributed by atoms with E-state index in [0.29, 0.717) is 17.4 Å². The van der Waals surface area contributed by atoms with E-state index in [1.165, 1.54) is 0 Å². The maximum absolute atomic E-state index is 8.99. The zero-order valence-corrected chi connectivity index (χ0v) is 12.1. The summed E-state index contributed by atoms with van der Waals surface area (Å²) in [6.45, 7) is 3.77. The average Bonchev–Trinajstić information content (AvgIpc) is 2.63. The first kappa shape index (κ1) is 12.4. The minimum absolute atomic E-state index is 0. The third-order valence-electron chi connectivity index (χ3n) is 2.87. The van der Waals surface area contributed by atoms with Crippen LogP contribution in [0.4, 0.5) is 5.82 Å². The van der Waals surface area contributed by atoms with E-state index < -0.39 is 0 Å². The Kier molecular flexibility index (Phi) is 3.43. The normalized spacial score (nSPS) is 15.8. The third kappa shape index (κ3) is 2.06. The summed E-state index contributed by atoms with van der Waals surface area (Å²) in [4.78, 5) is 10.8. The van der Waals surface area contributed by atoms with Crippen molar-refractivity contribution in [2.75, 3.05) is 24.6 Å². The average molecular weight is 404 g/mol. The van der Waals surface area contributed by atoms with Gasteiger partial charge in [-0.15, -0.1) is 0 Å². The standard InChI is InChI=1S/C10H12N5O.Re/c1-6-12-9-8(2-11-14-9)10(13-6)15-3-7(4-15)5-16;/h2,7,16H,3-5H2,1H3;/q-1;. The molecule has 0 atom stereocenters. The minimum atomic E-state index is 0. The monoisotopic (exact) mass is 405 g/mol. The number of aromatic nitrogens is 4. The summed E-state index contributed by atoms with van der Waals surface area (Å²) in [6, 6.07) is 0. The first-order valence-electron chi connectivity index (χ1n) is 5.26. The van der Waals surface area contributed by atoms with Gasteiger partial charge in [-0.3, -0.25) is 5.10 Å². The van der Waals surface area contributed by atoms with Crippen LogP contribution in [-0.4, -0.2) is 39.9 Å². The predicted octanol–water partition coefficient (Wildman–Crippen LogP) is -0.284. The maximum atomic E-state index is 8.99. The van der Waals surface area contributed by atoms with Gasteiger partial charge in [0, 0.05) is 63.4 Å². The minimum Gasteiger partial charge on any atom is -0.422 e. The number of anilines is 1. The SMILES string of the molecule is Cc1nc(N2CC(CO)C2)c2cn[n-]c2n1.[Re]. The Morgan fingerprint density at radius 3 is 2.94 bits per heavy atom. The number of aliphatic hydroxyl groups is 1. The molecule has 1 aliphatic rings. The van der Waals surface area contributed by atoms with Crippen molar-refractivity contribution >= 4 is 16.9 Å². The summed E-state index contributed by atoms with van der Waals surface area (Å²) in [5.74, 6) is 1.95. The van der Waals surface area contributed by atoms with Crippen LogP contribution in [-0.2, 0) is 20.4 Å². The molecule has 3 rings (SSSR count). The molecule has 1 radical (unpaired) electrons. The molecule has 0 aliphatic carbocycles. The van der Waals surface area contributed by atoms with Gasteiger partial charge in [0.05, 0.1) is 0 Å². The molecule has 2 aromatic heterocycles. The Morgan fingerprint density at radius 1 is 1.47 bits per heavy atom. The molecule has 0 amide bonds. The number of aliphatic hydroxyl groups excluding tert-OH is 1. The van der Waals surface area contributed by atoms with Crippen molar-refractivity contribution < 1.29 is 25.5 Å². The van der Waals surface area contributed by atoms with Crippen LogP contribution < -0.4 is 10.00 Å². The summed E-state index contributed by atoms with van der Waals surface area (Å²) in [6.07, 6.45) is 1.69. The first-order valence-corrected chi connectivity index (χ1v) is 5.26. The van der Waals surface area contributed by atoms with Crippen LogP contribution in [0.1, 0.15) is 5.82 Å². The van der Waals surface area contributed by atoms with Crippen molar-refractivity contribution in [1.29, 1.82) is 0 Å². The second-order valence-corrected chi connectivity index (χ2v) is 4.13. The second-order valence-electron chi connectivity index (χ2n) is 4.13. The molecule has 1 fully saturated rings. The van der Waals surface area contributed by atoms with Crippen LogP contribution in [0.5, 0.6) is 0 Å². The number of hydrogen-bond donors (Lipinski definition) is 1. The molecule has 17 heavy (non-hydrogen) atoms. The van der Waals surface area contributed by atoms with Crippen molar-refractivity contribution in [2.45, 2.75) is 6.92 Å². The molecule has 6 nitrogen and oxygen atoms in total. The Balaban J connectivity index is 0.00000108. The zero-order chi connectivity index (χ0) is 11.1.